The maximum absolute atomic E-state index is 12.8. The minimum atomic E-state index is -0.934. The molecule has 0 spiro atoms. The number of ketones is 1. The van der Waals surface area contributed by atoms with Crippen molar-refractivity contribution in [3.8, 4) is 0 Å². The van der Waals surface area contributed by atoms with Gasteiger partial charge >= 0.3 is 5.97 Å². The van der Waals surface area contributed by atoms with Gasteiger partial charge in [-0.2, -0.15) is 0 Å². The second kappa shape index (κ2) is 8.68. The highest BCUT2D eigenvalue weighted by atomic mass is 16.4. The zero-order valence-corrected chi connectivity index (χ0v) is 22.4. The van der Waals surface area contributed by atoms with E-state index in [-0.39, 0.29) is 33.5 Å². The Morgan fingerprint density at radius 1 is 1.09 bits per heavy atom. The highest BCUT2D eigenvalue weighted by Crippen LogP contribution is 2.72. The maximum atomic E-state index is 12.8. The van der Waals surface area contributed by atoms with Gasteiger partial charge in [0.1, 0.15) is 12.1 Å². The van der Waals surface area contributed by atoms with Crippen molar-refractivity contribution in [2.24, 2.45) is 39.4 Å². The topological polar surface area (TPSA) is 91.7 Å². The standard InChI is InChI=1S/C30H44O5/c1-18(26(34)35)8-7-9-19(17-31)25-22(32)16-30(6)21-10-11-23-27(2,3)24(33)13-14-28(23,4)20(21)12-15-29(25,30)5/h8,17,19,22-23,25,32H,7,9-16H2,1-6H3,(H,34,35). The van der Waals surface area contributed by atoms with Crippen molar-refractivity contribution in [1.82, 2.24) is 0 Å². The van der Waals surface area contributed by atoms with Crippen LogP contribution in [0.25, 0.3) is 0 Å². The molecule has 4 aliphatic carbocycles. The van der Waals surface area contributed by atoms with Gasteiger partial charge in [0.25, 0.3) is 0 Å². The zero-order valence-electron chi connectivity index (χ0n) is 22.4. The largest absolute Gasteiger partial charge is 0.478 e. The molecule has 0 aliphatic heterocycles. The number of aldehydes is 1. The Morgan fingerprint density at radius 3 is 2.40 bits per heavy atom. The third-order valence-corrected chi connectivity index (χ3v) is 11.5. The molecule has 4 aliphatic rings. The molecule has 7 unspecified atom stereocenters. The van der Waals surface area contributed by atoms with Gasteiger partial charge in [-0.15, -0.1) is 0 Å². The smallest absolute Gasteiger partial charge is 0.330 e. The summed E-state index contributed by atoms with van der Waals surface area (Å²) in [5.41, 5.74) is 2.72. The Balaban J connectivity index is 1.68. The number of carbonyl (C=O) groups is 3. The number of Topliss-reactive ketones (excluding diaryl/α,β-unsaturated/α-hetero) is 1. The molecule has 35 heavy (non-hydrogen) atoms. The van der Waals surface area contributed by atoms with Crippen LogP contribution in [-0.2, 0) is 14.4 Å². The summed E-state index contributed by atoms with van der Waals surface area (Å²) in [4.78, 5) is 36.3. The van der Waals surface area contributed by atoms with E-state index in [0.29, 0.717) is 43.0 Å². The highest BCUT2D eigenvalue weighted by Gasteiger charge is 2.66. The molecular weight excluding hydrogens is 440 g/mol. The van der Waals surface area contributed by atoms with E-state index in [9.17, 15) is 19.5 Å². The summed E-state index contributed by atoms with van der Waals surface area (Å²) in [6, 6.07) is 0. The number of fused-ring (bicyclic) bond motifs is 4. The SMILES string of the molecule is CC(=CCCC(C=O)C1C(O)CC2(C)C3=C(CCC12C)C1(C)CCC(=O)C(C)(C)C1CC3)C(=O)O. The van der Waals surface area contributed by atoms with Gasteiger partial charge in [0.2, 0.25) is 0 Å². The normalized spacial score (nSPS) is 41.6. The monoisotopic (exact) mass is 484 g/mol. The number of hydrogen-bond donors (Lipinski definition) is 2. The second-order valence-electron chi connectivity index (χ2n) is 13.2. The first kappa shape index (κ1) is 26.3. The summed E-state index contributed by atoms with van der Waals surface area (Å²) in [5, 5.41) is 20.6. The number of aliphatic hydroxyl groups is 1. The Hall–Kier alpha value is -1.75. The number of carboxylic acid groups (broad SMARTS) is 1. The molecule has 0 bridgehead atoms. The lowest BCUT2D eigenvalue weighted by Gasteiger charge is -2.60. The van der Waals surface area contributed by atoms with Crippen molar-refractivity contribution in [3.63, 3.8) is 0 Å². The molecule has 4 rings (SSSR count). The molecule has 0 saturated heterocycles. The number of carbonyl (C=O) groups excluding carboxylic acids is 2. The summed E-state index contributed by atoms with van der Waals surface area (Å²) in [7, 11) is 0. The number of hydrogen-bond acceptors (Lipinski definition) is 4. The third-order valence-electron chi connectivity index (χ3n) is 11.5. The van der Waals surface area contributed by atoms with Crippen molar-refractivity contribution in [2.75, 3.05) is 0 Å². The summed E-state index contributed by atoms with van der Waals surface area (Å²) >= 11 is 0. The van der Waals surface area contributed by atoms with E-state index < -0.39 is 12.1 Å². The number of aliphatic hydroxyl groups excluding tert-OH is 1. The van der Waals surface area contributed by atoms with Crippen molar-refractivity contribution in [3.05, 3.63) is 22.8 Å². The van der Waals surface area contributed by atoms with Crippen molar-refractivity contribution in [2.45, 2.75) is 105 Å². The van der Waals surface area contributed by atoms with Gasteiger partial charge in [-0.1, -0.05) is 51.8 Å². The van der Waals surface area contributed by atoms with Gasteiger partial charge in [0.05, 0.1) is 6.10 Å². The Kier molecular flexibility index (Phi) is 6.52. The molecule has 0 radical (unpaired) electrons. The van der Waals surface area contributed by atoms with Gasteiger partial charge in [-0.05, 0) is 80.5 Å². The van der Waals surface area contributed by atoms with Crippen molar-refractivity contribution >= 4 is 18.0 Å². The van der Waals surface area contributed by atoms with E-state index in [1.165, 1.54) is 5.57 Å². The summed E-state index contributed by atoms with van der Waals surface area (Å²) in [6.45, 7) is 12.9. The van der Waals surface area contributed by atoms with Crippen molar-refractivity contribution in [1.29, 1.82) is 0 Å². The summed E-state index contributed by atoms with van der Waals surface area (Å²) < 4.78 is 0. The minimum Gasteiger partial charge on any atom is -0.478 e. The zero-order chi connectivity index (χ0) is 26.0. The molecule has 5 heteroatoms. The summed E-state index contributed by atoms with van der Waals surface area (Å²) in [6.07, 6.45) is 9.37. The van der Waals surface area contributed by atoms with Crippen LogP contribution in [0, 0.1) is 39.4 Å². The quantitative estimate of drug-likeness (QED) is 0.278. The van der Waals surface area contributed by atoms with Crippen LogP contribution < -0.4 is 0 Å². The Morgan fingerprint density at radius 2 is 1.77 bits per heavy atom. The lowest BCUT2D eigenvalue weighted by atomic mass is 9.43. The number of rotatable bonds is 6. The molecule has 0 heterocycles. The van der Waals surface area contributed by atoms with Crippen LogP contribution in [0.15, 0.2) is 22.8 Å². The number of carboxylic acids is 1. The lowest BCUT2D eigenvalue weighted by Crippen LogP contribution is -2.54. The van der Waals surface area contributed by atoms with E-state index in [1.807, 2.05) is 0 Å². The van der Waals surface area contributed by atoms with Crippen LogP contribution in [-0.4, -0.2) is 34.4 Å². The highest BCUT2D eigenvalue weighted by molar-refractivity contribution is 5.86. The molecule has 2 saturated carbocycles. The average Bonchev–Trinajstić information content (AvgIpc) is 2.99. The minimum absolute atomic E-state index is 0.0294. The molecule has 2 fully saturated rings. The molecule has 0 amide bonds. The van der Waals surface area contributed by atoms with Gasteiger partial charge in [0.15, 0.2) is 0 Å². The van der Waals surface area contributed by atoms with Crippen LogP contribution in [0.4, 0.5) is 0 Å². The van der Waals surface area contributed by atoms with E-state index in [0.717, 1.165) is 38.4 Å². The average molecular weight is 485 g/mol. The fourth-order valence-electron chi connectivity index (χ4n) is 9.27. The first-order valence-electron chi connectivity index (χ1n) is 13.5. The molecule has 7 atom stereocenters. The van der Waals surface area contributed by atoms with Gasteiger partial charge in [0, 0.05) is 29.2 Å². The predicted molar refractivity (Wildman–Crippen MR) is 136 cm³/mol. The first-order valence-corrected chi connectivity index (χ1v) is 13.5. The third kappa shape index (κ3) is 3.70. The Bertz CT molecular complexity index is 989. The maximum Gasteiger partial charge on any atom is 0.330 e. The fourth-order valence-corrected chi connectivity index (χ4v) is 9.27. The van der Waals surface area contributed by atoms with Gasteiger partial charge < -0.3 is 15.0 Å². The second-order valence-corrected chi connectivity index (χ2v) is 13.2. The molecule has 0 aromatic rings. The molecule has 5 nitrogen and oxygen atoms in total. The van der Waals surface area contributed by atoms with Gasteiger partial charge in [-0.3, -0.25) is 4.79 Å². The predicted octanol–water partition coefficient (Wildman–Crippen LogP) is 5.90. The van der Waals surface area contributed by atoms with Crippen LogP contribution in [0.3, 0.4) is 0 Å². The van der Waals surface area contributed by atoms with Crippen LogP contribution in [0.5, 0.6) is 0 Å². The fraction of sp³-hybridized carbons (Fsp3) is 0.767. The van der Waals surface area contributed by atoms with E-state index in [2.05, 4.69) is 34.6 Å². The van der Waals surface area contributed by atoms with Crippen LogP contribution >= 0.6 is 0 Å². The van der Waals surface area contributed by atoms with Crippen LogP contribution in [0.1, 0.15) is 99.3 Å². The number of allylic oxidation sites excluding steroid dienone is 3. The molecule has 0 aromatic carbocycles. The van der Waals surface area contributed by atoms with E-state index >= 15 is 0 Å². The van der Waals surface area contributed by atoms with Gasteiger partial charge in [-0.25, -0.2) is 4.79 Å². The molecule has 0 aromatic heterocycles. The van der Waals surface area contributed by atoms with Crippen molar-refractivity contribution < 1.29 is 24.6 Å². The van der Waals surface area contributed by atoms with Crippen LogP contribution in [0.2, 0.25) is 0 Å². The molecule has 2 N–H and O–H groups in total. The Labute approximate surface area is 210 Å². The van der Waals surface area contributed by atoms with E-state index in [4.69, 9.17) is 5.11 Å². The van der Waals surface area contributed by atoms with E-state index in [1.54, 1.807) is 18.6 Å². The molecule has 194 valence electrons. The molecular formula is C30H44O5. The number of aliphatic carboxylic acids is 1. The first-order chi connectivity index (χ1) is 16.2. The summed E-state index contributed by atoms with van der Waals surface area (Å²) in [5.74, 6) is -0.607. The lowest BCUT2D eigenvalue weighted by molar-refractivity contribution is -0.139.